The molecular formula is C34H71ClNO9P3. The summed E-state index contributed by atoms with van der Waals surface area (Å²) in [5, 5.41) is 0.706. The zero-order chi connectivity index (χ0) is 38.0. The van der Waals surface area contributed by atoms with Crippen molar-refractivity contribution < 1.29 is 41.5 Å². The van der Waals surface area contributed by atoms with Crippen molar-refractivity contribution in [3.8, 4) is 0 Å². The quantitative estimate of drug-likeness (QED) is 0.120. The molecule has 0 radical (unpaired) electrons. The van der Waals surface area contributed by atoms with Gasteiger partial charge in [-0.05, 0) is 142 Å². The van der Waals surface area contributed by atoms with Gasteiger partial charge in [-0.25, -0.2) is 5.09 Å². The molecule has 0 saturated heterocycles. The SMILES string of the molecule is CC(COC(C)(C)C(C)(C)P(=O)(Cl)OC(C)COC(C)(C)C)OP(C)(=O)C(C)(C)C(C)(C)OCC(C)OP(=O)(NC1CCC1)C(C)(C)C. The average Bonchev–Trinajstić information content (AvgIpc) is 2.85. The van der Waals surface area contributed by atoms with Crippen LogP contribution in [0.5, 0.6) is 0 Å². The molecule has 1 aliphatic carbocycles. The van der Waals surface area contributed by atoms with Crippen molar-refractivity contribution in [2.24, 2.45) is 0 Å². The van der Waals surface area contributed by atoms with Crippen LogP contribution in [0.2, 0.25) is 0 Å². The van der Waals surface area contributed by atoms with Crippen LogP contribution in [0.15, 0.2) is 0 Å². The lowest BCUT2D eigenvalue weighted by Gasteiger charge is -2.46. The zero-order valence-electron chi connectivity index (χ0n) is 33.4. The minimum Gasteiger partial charge on any atom is -0.373 e. The van der Waals surface area contributed by atoms with E-state index >= 15 is 0 Å². The third kappa shape index (κ3) is 12.1. The van der Waals surface area contributed by atoms with E-state index < -0.39 is 66.6 Å². The van der Waals surface area contributed by atoms with Gasteiger partial charge in [-0.3, -0.25) is 13.7 Å². The van der Waals surface area contributed by atoms with Crippen molar-refractivity contribution in [3.63, 3.8) is 0 Å². The maximum atomic E-state index is 14.3. The smallest absolute Gasteiger partial charge is 0.298 e. The second-order valence-electron chi connectivity index (χ2n) is 17.7. The second-order valence-corrected chi connectivity index (χ2v) is 27.3. The van der Waals surface area contributed by atoms with Gasteiger partial charge in [0.25, 0.3) is 14.2 Å². The molecule has 0 aromatic carbocycles. The number of hydrogen-bond donors (Lipinski definition) is 1. The van der Waals surface area contributed by atoms with Crippen LogP contribution in [0.1, 0.15) is 137 Å². The topological polar surface area (TPSA) is 119 Å². The van der Waals surface area contributed by atoms with Crippen LogP contribution >= 0.6 is 32.9 Å². The molecule has 1 aliphatic rings. The van der Waals surface area contributed by atoms with Gasteiger partial charge >= 0.3 is 0 Å². The van der Waals surface area contributed by atoms with Gasteiger partial charge in [-0.2, -0.15) is 0 Å². The van der Waals surface area contributed by atoms with Crippen molar-refractivity contribution >= 4 is 32.9 Å². The average molecular weight is 766 g/mol. The molecule has 1 N–H and O–H groups in total. The van der Waals surface area contributed by atoms with E-state index in [-0.39, 0.29) is 31.5 Å². The molecule has 0 heterocycles. The van der Waals surface area contributed by atoms with Crippen LogP contribution in [0.4, 0.5) is 0 Å². The van der Waals surface area contributed by atoms with E-state index in [4.69, 9.17) is 39.0 Å². The molecule has 0 amide bonds. The van der Waals surface area contributed by atoms with Gasteiger partial charge in [0, 0.05) is 12.7 Å². The van der Waals surface area contributed by atoms with E-state index in [2.05, 4.69) is 5.09 Å². The number of hydrogen-bond acceptors (Lipinski definition) is 9. The highest BCUT2D eigenvalue weighted by Crippen LogP contribution is 2.68. The molecule has 1 fully saturated rings. The fourth-order valence-electron chi connectivity index (χ4n) is 4.53. The predicted molar refractivity (Wildman–Crippen MR) is 201 cm³/mol. The van der Waals surface area contributed by atoms with Gasteiger partial charge < -0.3 is 27.8 Å². The molecule has 6 unspecified atom stereocenters. The van der Waals surface area contributed by atoms with E-state index in [0.29, 0.717) is 0 Å². The first-order valence-electron chi connectivity index (χ1n) is 17.4. The summed E-state index contributed by atoms with van der Waals surface area (Å²) < 4.78 is 78.6. The van der Waals surface area contributed by atoms with Crippen molar-refractivity contribution in [2.45, 2.75) is 194 Å². The van der Waals surface area contributed by atoms with Crippen molar-refractivity contribution in [1.29, 1.82) is 0 Å². The first-order chi connectivity index (χ1) is 21.1. The predicted octanol–water partition coefficient (Wildman–Crippen LogP) is 10.6. The van der Waals surface area contributed by atoms with E-state index in [9.17, 15) is 13.7 Å². The van der Waals surface area contributed by atoms with Crippen LogP contribution in [-0.2, 0) is 41.5 Å². The third-order valence-electron chi connectivity index (χ3n) is 10.1. The monoisotopic (exact) mass is 765 g/mol. The number of halogens is 1. The van der Waals surface area contributed by atoms with Gasteiger partial charge in [-0.15, -0.1) is 0 Å². The second kappa shape index (κ2) is 16.4. The van der Waals surface area contributed by atoms with Crippen molar-refractivity contribution in [1.82, 2.24) is 5.09 Å². The van der Waals surface area contributed by atoms with E-state index in [0.717, 1.165) is 19.3 Å². The van der Waals surface area contributed by atoms with Gasteiger partial charge in [0.15, 0.2) is 0 Å². The number of nitrogens with one attached hydrogen (secondary N) is 1. The Hall–Kier alpha value is 0.700. The fraction of sp³-hybridized carbons (Fsp3) is 1.00. The van der Waals surface area contributed by atoms with Gasteiger partial charge in [0.05, 0.1) is 70.4 Å². The molecule has 0 aromatic rings. The van der Waals surface area contributed by atoms with Crippen LogP contribution in [0.25, 0.3) is 0 Å². The Morgan fingerprint density at radius 2 is 1.04 bits per heavy atom. The molecule has 14 heteroatoms. The lowest BCUT2D eigenvalue weighted by atomic mass is 9.93. The largest absolute Gasteiger partial charge is 0.373 e. The molecule has 0 spiro atoms. The highest BCUT2D eigenvalue weighted by Gasteiger charge is 2.54. The van der Waals surface area contributed by atoms with Gasteiger partial charge in [0.1, 0.15) is 0 Å². The molecule has 48 heavy (non-hydrogen) atoms. The van der Waals surface area contributed by atoms with Crippen molar-refractivity contribution in [2.75, 3.05) is 26.5 Å². The highest BCUT2D eigenvalue weighted by atomic mass is 35.7. The molecule has 6 atom stereocenters. The first-order valence-corrected chi connectivity index (χ1v) is 23.6. The summed E-state index contributed by atoms with van der Waals surface area (Å²) in [6.07, 6.45) is 1.58. The molecule has 10 nitrogen and oxygen atoms in total. The third-order valence-corrected chi connectivity index (χ3v) is 20.6. The minimum absolute atomic E-state index is 0.0756. The molecule has 0 aliphatic heterocycles. The molecule has 0 aromatic heterocycles. The summed E-state index contributed by atoms with van der Waals surface area (Å²) in [6.45, 7) is 30.0. The fourth-order valence-corrected chi connectivity index (χ4v) is 11.2. The van der Waals surface area contributed by atoms with E-state index in [1.54, 1.807) is 34.4 Å². The summed E-state index contributed by atoms with van der Waals surface area (Å²) >= 11 is 6.61. The van der Waals surface area contributed by atoms with Crippen LogP contribution in [0.3, 0.4) is 0 Å². The first kappa shape index (κ1) is 46.7. The van der Waals surface area contributed by atoms with Crippen LogP contribution in [-0.4, -0.2) is 83.1 Å². The minimum atomic E-state index is -3.73. The lowest BCUT2D eigenvalue weighted by Crippen LogP contribution is -2.50. The molecular weight excluding hydrogens is 695 g/mol. The normalized spacial score (nSPS) is 21.8. The maximum Gasteiger partial charge on any atom is 0.298 e. The van der Waals surface area contributed by atoms with E-state index in [1.807, 2.05) is 90.0 Å². The lowest BCUT2D eigenvalue weighted by molar-refractivity contribution is -0.0799. The Labute approximate surface area is 298 Å². The summed E-state index contributed by atoms with van der Waals surface area (Å²) in [4.78, 5) is 0. The van der Waals surface area contributed by atoms with E-state index in [1.165, 1.54) is 0 Å². The summed E-state index contributed by atoms with van der Waals surface area (Å²) in [6, 6.07) is 0.208. The summed E-state index contributed by atoms with van der Waals surface area (Å²) in [5.74, 6) is 0. The maximum absolute atomic E-state index is 14.3. The number of ether oxygens (including phenoxy) is 3. The molecule has 1 saturated carbocycles. The van der Waals surface area contributed by atoms with Crippen molar-refractivity contribution in [3.05, 3.63) is 0 Å². The van der Waals surface area contributed by atoms with Gasteiger partial charge in [0.2, 0.25) is 7.37 Å². The Balaban J connectivity index is 2.90. The Bertz CT molecular complexity index is 1190. The zero-order valence-corrected chi connectivity index (χ0v) is 36.9. The Morgan fingerprint density at radius 3 is 1.44 bits per heavy atom. The number of rotatable bonds is 20. The Kier molecular flexibility index (Phi) is 15.9. The standard InChI is InChI=1S/C34H71ClNO9P3/c1-25(23-42-32(12,13)34(16,17)47(35,38)44-26(2)22-40-29(4,5)6)43-46(18,37)33(14,15)31(10,11)41-24-27(3)45-48(39,30(7,8)9)36-28-20-19-21-28/h25-28H,19-24H2,1-18H3,(H,36,39). The molecule has 0 bridgehead atoms. The van der Waals surface area contributed by atoms with Crippen LogP contribution < -0.4 is 5.09 Å². The molecule has 1 rings (SSSR count). The van der Waals surface area contributed by atoms with Gasteiger partial charge in [-0.1, -0.05) is 6.42 Å². The molecule has 288 valence electrons. The Morgan fingerprint density at radius 1 is 0.646 bits per heavy atom. The highest BCUT2D eigenvalue weighted by molar-refractivity contribution is 7.86. The summed E-state index contributed by atoms with van der Waals surface area (Å²) in [5.41, 5.74) is -2.27. The summed E-state index contributed by atoms with van der Waals surface area (Å²) in [7, 11) is -6.52. The van der Waals surface area contributed by atoms with Crippen LogP contribution in [0, 0.1) is 0 Å².